The number of aromatic carboxylic acids is 1. The third-order valence-electron chi connectivity index (χ3n) is 4.20. The van der Waals surface area contributed by atoms with Crippen molar-refractivity contribution in [2.75, 3.05) is 13.1 Å². The van der Waals surface area contributed by atoms with Gasteiger partial charge in [-0.25, -0.2) is 17.9 Å². The van der Waals surface area contributed by atoms with Crippen LogP contribution in [0.1, 0.15) is 36.2 Å². The molecule has 116 valence electrons. The summed E-state index contributed by atoms with van der Waals surface area (Å²) >= 11 is 0. The van der Waals surface area contributed by atoms with Gasteiger partial charge in [0.05, 0.1) is 0 Å². The molecule has 7 nitrogen and oxygen atoms in total. The molecule has 2 N–H and O–H groups in total. The molecule has 2 aliphatic heterocycles. The van der Waals surface area contributed by atoms with Crippen molar-refractivity contribution >= 4 is 16.0 Å². The lowest BCUT2D eigenvalue weighted by Crippen LogP contribution is -2.47. The van der Waals surface area contributed by atoms with Gasteiger partial charge in [0.15, 0.2) is 0 Å². The number of carboxylic acids is 1. The molecule has 0 saturated carbocycles. The Hall–Kier alpha value is -1.38. The maximum atomic E-state index is 12.2. The Morgan fingerprint density at radius 2 is 2.14 bits per heavy atom. The SMILES string of the molecule is O=C(O)c1ccc(S(=O)(=O)NC2CCN3CCCC3C2)o1. The molecule has 0 amide bonds. The van der Waals surface area contributed by atoms with Gasteiger partial charge in [-0.1, -0.05) is 0 Å². The van der Waals surface area contributed by atoms with E-state index in [0.717, 1.165) is 38.4 Å². The summed E-state index contributed by atoms with van der Waals surface area (Å²) in [5, 5.41) is 8.43. The highest BCUT2D eigenvalue weighted by molar-refractivity contribution is 7.89. The lowest BCUT2D eigenvalue weighted by Gasteiger charge is -2.34. The second-order valence-electron chi connectivity index (χ2n) is 5.60. The van der Waals surface area contributed by atoms with Crippen LogP contribution in [0.15, 0.2) is 21.6 Å². The number of carbonyl (C=O) groups is 1. The number of furan rings is 1. The first-order chi connectivity index (χ1) is 9.95. The molecule has 21 heavy (non-hydrogen) atoms. The maximum absolute atomic E-state index is 12.2. The van der Waals surface area contributed by atoms with Gasteiger partial charge in [0.1, 0.15) is 0 Å². The molecule has 0 aromatic carbocycles. The van der Waals surface area contributed by atoms with Crippen LogP contribution in [0, 0.1) is 0 Å². The molecule has 2 aliphatic rings. The van der Waals surface area contributed by atoms with Gasteiger partial charge in [-0.3, -0.25) is 0 Å². The van der Waals surface area contributed by atoms with E-state index in [2.05, 4.69) is 9.62 Å². The summed E-state index contributed by atoms with van der Waals surface area (Å²) in [6.07, 6.45) is 3.85. The highest BCUT2D eigenvalue weighted by Crippen LogP contribution is 2.27. The molecular formula is C13H18N2O5S. The molecule has 3 rings (SSSR count). The maximum Gasteiger partial charge on any atom is 0.371 e. The lowest BCUT2D eigenvalue weighted by atomic mass is 9.99. The minimum atomic E-state index is -3.80. The zero-order valence-corrected chi connectivity index (χ0v) is 12.3. The first-order valence-electron chi connectivity index (χ1n) is 7.05. The number of carboxylic acid groups (broad SMARTS) is 1. The highest BCUT2D eigenvalue weighted by atomic mass is 32.2. The Morgan fingerprint density at radius 3 is 2.86 bits per heavy atom. The summed E-state index contributed by atoms with van der Waals surface area (Å²) in [7, 11) is -3.80. The third kappa shape index (κ3) is 2.97. The van der Waals surface area contributed by atoms with E-state index in [1.807, 2.05) is 0 Å². The van der Waals surface area contributed by atoms with Crippen LogP contribution >= 0.6 is 0 Å². The molecule has 8 heteroatoms. The average Bonchev–Trinajstić information content (AvgIpc) is 3.07. The van der Waals surface area contributed by atoms with Crippen molar-refractivity contribution < 1.29 is 22.7 Å². The second-order valence-corrected chi connectivity index (χ2v) is 7.24. The van der Waals surface area contributed by atoms with Crippen LogP contribution in [0.3, 0.4) is 0 Å². The molecular weight excluding hydrogens is 296 g/mol. The normalized spacial score (nSPS) is 26.7. The Labute approximate surface area is 123 Å². The minimum absolute atomic E-state index is 0.118. The van der Waals surface area contributed by atoms with E-state index >= 15 is 0 Å². The summed E-state index contributed by atoms with van der Waals surface area (Å²) in [6.45, 7) is 2.00. The molecule has 0 spiro atoms. The van der Waals surface area contributed by atoms with Gasteiger partial charge in [0.25, 0.3) is 10.0 Å². The van der Waals surface area contributed by atoms with Gasteiger partial charge in [-0.05, 0) is 50.9 Å². The van der Waals surface area contributed by atoms with Crippen molar-refractivity contribution in [1.29, 1.82) is 0 Å². The highest BCUT2D eigenvalue weighted by Gasteiger charge is 2.34. The van der Waals surface area contributed by atoms with Crippen molar-refractivity contribution in [3.05, 3.63) is 17.9 Å². The molecule has 0 bridgehead atoms. The van der Waals surface area contributed by atoms with Gasteiger partial charge >= 0.3 is 5.97 Å². The topological polar surface area (TPSA) is 99.8 Å². The van der Waals surface area contributed by atoms with Gasteiger partial charge in [0.2, 0.25) is 10.9 Å². The van der Waals surface area contributed by atoms with Crippen LogP contribution in [0.25, 0.3) is 0 Å². The first-order valence-corrected chi connectivity index (χ1v) is 8.53. The number of sulfonamides is 1. The van der Waals surface area contributed by atoms with Crippen LogP contribution in [-0.2, 0) is 10.0 Å². The minimum Gasteiger partial charge on any atom is -0.475 e. The number of fused-ring (bicyclic) bond motifs is 1. The van der Waals surface area contributed by atoms with Crippen molar-refractivity contribution in [1.82, 2.24) is 9.62 Å². The van der Waals surface area contributed by atoms with Gasteiger partial charge < -0.3 is 14.4 Å². The van der Waals surface area contributed by atoms with E-state index in [9.17, 15) is 13.2 Å². The molecule has 1 aromatic rings. The molecule has 0 radical (unpaired) electrons. The lowest BCUT2D eigenvalue weighted by molar-refractivity contribution is 0.0656. The fraction of sp³-hybridized carbons (Fsp3) is 0.615. The van der Waals surface area contributed by atoms with Crippen LogP contribution in [0.2, 0.25) is 0 Å². The van der Waals surface area contributed by atoms with E-state index < -0.39 is 16.0 Å². The summed E-state index contributed by atoms with van der Waals surface area (Å²) < 4.78 is 31.9. The number of piperidine rings is 1. The molecule has 3 heterocycles. The van der Waals surface area contributed by atoms with Crippen LogP contribution in [-0.4, -0.2) is 49.6 Å². The Morgan fingerprint density at radius 1 is 1.33 bits per heavy atom. The van der Waals surface area contributed by atoms with E-state index in [4.69, 9.17) is 9.52 Å². The zero-order chi connectivity index (χ0) is 15.0. The van der Waals surface area contributed by atoms with E-state index in [1.165, 1.54) is 12.5 Å². The monoisotopic (exact) mass is 314 g/mol. The van der Waals surface area contributed by atoms with Crippen LogP contribution in [0.4, 0.5) is 0 Å². The number of hydrogen-bond acceptors (Lipinski definition) is 5. The van der Waals surface area contributed by atoms with Crippen molar-refractivity contribution in [3.63, 3.8) is 0 Å². The quantitative estimate of drug-likeness (QED) is 0.856. The third-order valence-corrected chi connectivity index (χ3v) is 5.59. The van der Waals surface area contributed by atoms with Crippen molar-refractivity contribution in [2.24, 2.45) is 0 Å². The van der Waals surface area contributed by atoms with E-state index in [0.29, 0.717) is 6.04 Å². The molecule has 1 aromatic heterocycles. The van der Waals surface area contributed by atoms with E-state index in [1.54, 1.807) is 0 Å². The fourth-order valence-electron chi connectivity index (χ4n) is 3.19. The molecule has 2 fully saturated rings. The molecule has 2 saturated heterocycles. The van der Waals surface area contributed by atoms with Gasteiger partial charge in [-0.15, -0.1) is 0 Å². The average molecular weight is 314 g/mol. The second kappa shape index (κ2) is 5.43. The van der Waals surface area contributed by atoms with Gasteiger partial charge in [0, 0.05) is 12.1 Å². The first kappa shape index (κ1) is 14.6. The predicted molar refractivity (Wildman–Crippen MR) is 73.6 cm³/mol. The summed E-state index contributed by atoms with van der Waals surface area (Å²) in [5.41, 5.74) is 0. The fourth-order valence-corrected chi connectivity index (χ4v) is 4.40. The molecule has 0 aliphatic carbocycles. The summed E-state index contributed by atoms with van der Waals surface area (Å²) in [6, 6.07) is 2.66. The largest absolute Gasteiger partial charge is 0.475 e. The Balaban J connectivity index is 1.69. The van der Waals surface area contributed by atoms with E-state index in [-0.39, 0.29) is 16.9 Å². The summed E-state index contributed by atoms with van der Waals surface area (Å²) in [5.74, 6) is -1.66. The van der Waals surface area contributed by atoms with Crippen molar-refractivity contribution in [2.45, 2.75) is 42.9 Å². The van der Waals surface area contributed by atoms with Crippen molar-refractivity contribution in [3.8, 4) is 0 Å². The zero-order valence-electron chi connectivity index (χ0n) is 11.5. The number of nitrogens with zero attached hydrogens (tertiary/aromatic N) is 1. The Kier molecular flexibility index (Phi) is 3.76. The van der Waals surface area contributed by atoms with Gasteiger partial charge in [-0.2, -0.15) is 0 Å². The molecule has 2 atom stereocenters. The standard InChI is InChI=1S/C13H18N2O5S/c16-13(17)11-3-4-12(20-11)21(18,19)14-9-5-7-15-6-1-2-10(15)8-9/h3-4,9-10,14H,1-2,5-8H2,(H,16,17). The smallest absolute Gasteiger partial charge is 0.371 e. The summed E-state index contributed by atoms with van der Waals surface area (Å²) in [4.78, 5) is 13.1. The van der Waals surface area contributed by atoms with Crippen LogP contribution < -0.4 is 4.72 Å². The van der Waals surface area contributed by atoms with Crippen LogP contribution in [0.5, 0.6) is 0 Å². The number of rotatable bonds is 4. The number of nitrogens with one attached hydrogen (secondary N) is 1. The Bertz CT molecular complexity index is 639. The number of hydrogen-bond donors (Lipinski definition) is 2. The predicted octanol–water partition coefficient (Wildman–Crippen LogP) is 0.883. The molecule has 2 unspecified atom stereocenters.